The zero-order chi connectivity index (χ0) is 36.4. The molecule has 50 heavy (non-hydrogen) atoms. The zero-order valence-corrected chi connectivity index (χ0v) is 29.1. The van der Waals surface area contributed by atoms with Crippen molar-refractivity contribution in [1.29, 1.82) is 0 Å². The Morgan fingerprint density at radius 3 is 2.02 bits per heavy atom. The van der Waals surface area contributed by atoms with E-state index in [0.29, 0.717) is 24.2 Å². The Labute approximate surface area is 291 Å². The van der Waals surface area contributed by atoms with Crippen LogP contribution in [0.1, 0.15) is 44.7 Å². The number of hydrogen-bond donors (Lipinski definition) is 1. The molecule has 3 aliphatic carbocycles. The molecule has 264 valence electrons. The molecule has 0 amide bonds. The number of Topliss-reactive ketones (excluding diaryl/α,β-unsaturated/α-hetero) is 1. The van der Waals surface area contributed by atoms with Gasteiger partial charge in [0.25, 0.3) is 0 Å². The minimum atomic E-state index is -0.637. The Balaban J connectivity index is 1.23. The van der Waals surface area contributed by atoms with E-state index in [1.807, 2.05) is 48.8 Å². The van der Waals surface area contributed by atoms with E-state index < -0.39 is 23.5 Å². The van der Waals surface area contributed by atoms with Crippen molar-refractivity contribution in [1.82, 2.24) is 0 Å². The van der Waals surface area contributed by atoms with Gasteiger partial charge in [0, 0.05) is 43.1 Å². The summed E-state index contributed by atoms with van der Waals surface area (Å²) in [5.74, 6) is -2.70. The van der Waals surface area contributed by atoms with Gasteiger partial charge in [0.2, 0.25) is 17.3 Å². The smallest absolute Gasteiger partial charge is 0.306 e. The summed E-state index contributed by atoms with van der Waals surface area (Å²) in [6, 6.07) is 5.91. The Kier molecular flexibility index (Phi) is 12.9. The summed E-state index contributed by atoms with van der Waals surface area (Å²) in [6.07, 6.45) is 8.94. The largest absolute Gasteiger partial charge is 0.506 e. The number of carbonyl (C=O) groups is 5. The van der Waals surface area contributed by atoms with Gasteiger partial charge >= 0.3 is 11.9 Å². The van der Waals surface area contributed by atoms with E-state index in [1.165, 1.54) is 7.11 Å². The highest BCUT2D eigenvalue weighted by molar-refractivity contribution is 6.39. The number of ketones is 3. The lowest BCUT2D eigenvalue weighted by atomic mass is 9.79. The lowest BCUT2D eigenvalue weighted by molar-refractivity contribution is -0.524. The number of rotatable bonds is 16. The van der Waals surface area contributed by atoms with Gasteiger partial charge in [0.15, 0.2) is 23.8 Å². The Morgan fingerprint density at radius 2 is 1.44 bits per heavy atom. The normalized spacial score (nSPS) is 15.5. The molecule has 1 aromatic rings. The molecule has 0 atom stereocenters. The van der Waals surface area contributed by atoms with Crippen LogP contribution in [-0.2, 0) is 42.9 Å². The zero-order valence-electron chi connectivity index (χ0n) is 29.1. The topological polar surface area (TPSA) is 149 Å². The van der Waals surface area contributed by atoms with Crippen LogP contribution in [0.3, 0.4) is 0 Å². The number of methoxy groups -OCH3 is 1. The van der Waals surface area contributed by atoms with Gasteiger partial charge in [-0.3, -0.25) is 24.0 Å². The van der Waals surface area contributed by atoms with Crippen LogP contribution in [0.25, 0.3) is 5.57 Å². The Bertz CT molecular complexity index is 1770. The highest BCUT2D eigenvalue weighted by Crippen LogP contribution is 2.40. The van der Waals surface area contributed by atoms with E-state index in [9.17, 15) is 29.1 Å². The molecule has 12 nitrogen and oxygen atoms in total. The highest BCUT2D eigenvalue weighted by atomic mass is 16.6. The number of aliphatic hydroxyl groups excluding tert-OH is 1. The number of benzene rings is 1. The van der Waals surface area contributed by atoms with E-state index in [2.05, 4.69) is 18.7 Å². The molecule has 0 unspecified atom stereocenters. The van der Waals surface area contributed by atoms with Crippen LogP contribution in [0, 0.1) is 6.92 Å². The van der Waals surface area contributed by atoms with E-state index in [1.54, 1.807) is 12.2 Å². The van der Waals surface area contributed by atoms with Crippen LogP contribution in [0.2, 0.25) is 0 Å². The fraction of sp³-hybridized carbons (Fsp3) is 0.368. The average Bonchev–Trinajstić information content (AvgIpc) is 3.11. The molecule has 0 radical (unpaired) electrons. The molecule has 3 aliphatic rings. The van der Waals surface area contributed by atoms with Crippen LogP contribution in [0.5, 0.6) is 0 Å². The second kappa shape index (κ2) is 17.2. The monoisotopic (exact) mass is 687 g/mol. The van der Waals surface area contributed by atoms with Crippen molar-refractivity contribution in [2.24, 2.45) is 0 Å². The summed E-state index contributed by atoms with van der Waals surface area (Å²) in [5.41, 5.74) is 4.80. The molecule has 12 heteroatoms. The molecule has 0 aromatic heterocycles. The molecular weight excluding hydrogens is 644 g/mol. The van der Waals surface area contributed by atoms with Crippen LogP contribution < -0.4 is 4.90 Å². The van der Waals surface area contributed by atoms with Crippen LogP contribution >= 0.6 is 0 Å². The van der Waals surface area contributed by atoms with Gasteiger partial charge in [0.05, 0.1) is 31.1 Å². The number of allylic oxidation sites excluding steroid dienone is 9. The number of ether oxygens (including phenoxy) is 4. The molecule has 0 heterocycles. The molecule has 0 saturated carbocycles. The molecule has 1 aromatic carbocycles. The number of esters is 2. The van der Waals surface area contributed by atoms with Crippen LogP contribution in [0.15, 0.2) is 83.1 Å². The Morgan fingerprint density at radius 1 is 0.820 bits per heavy atom. The van der Waals surface area contributed by atoms with Crippen molar-refractivity contribution in [2.75, 3.05) is 58.0 Å². The van der Waals surface area contributed by atoms with Gasteiger partial charge in [-0.1, -0.05) is 6.07 Å². The molecular formula is C38H43N2O10+. The summed E-state index contributed by atoms with van der Waals surface area (Å²) in [5, 5.41) is 10.9. The first kappa shape index (κ1) is 37.3. The number of aryl methyl sites for hydroxylation is 1. The predicted molar refractivity (Wildman–Crippen MR) is 186 cm³/mol. The van der Waals surface area contributed by atoms with E-state index in [4.69, 9.17) is 18.9 Å². The van der Waals surface area contributed by atoms with Crippen molar-refractivity contribution in [3.63, 3.8) is 0 Å². The number of nitrogens with zero attached hydrogens (tertiary/aromatic N) is 2. The first-order valence-corrected chi connectivity index (χ1v) is 16.6. The lowest BCUT2D eigenvalue weighted by Crippen LogP contribution is -2.26. The number of likely N-dealkylation sites (N-methyl/N-ethyl adjacent to an activating group) is 1. The first-order valence-electron chi connectivity index (χ1n) is 16.6. The van der Waals surface area contributed by atoms with Crippen molar-refractivity contribution >= 4 is 46.3 Å². The van der Waals surface area contributed by atoms with Crippen molar-refractivity contribution in [3.8, 4) is 0 Å². The van der Waals surface area contributed by atoms with Gasteiger partial charge < -0.3 is 29.0 Å². The highest BCUT2D eigenvalue weighted by Gasteiger charge is 2.37. The fourth-order valence-electron chi connectivity index (χ4n) is 5.66. The molecule has 4 rings (SSSR count). The Hall–Kier alpha value is -5.52. The summed E-state index contributed by atoms with van der Waals surface area (Å²) >= 11 is 0. The van der Waals surface area contributed by atoms with Gasteiger partial charge in [0.1, 0.15) is 32.1 Å². The fourth-order valence-corrected chi connectivity index (χ4v) is 5.66. The molecule has 1 N–H and O–H groups in total. The lowest BCUT2D eigenvalue weighted by Gasteiger charge is -2.26. The van der Waals surface area contributed by atoms with E-state index in [-0.39, 0.29) is 61.3 Å². The number of carbonyl (C=O) groups excluding carboxylic acids is 5. The quantitative estimate of drug-likeness (QED) is 0.0883. The van der Waals surface area contributed by atoms with E-state index >= 15 is 0 Å². The summed E-state index contributed by atoms with van der Waals surface area (Å²) < 4.78 is 22.3. The SMILES string of the molecule is CCN(CC)c1ccc(C2=C(O)C(=C3C=CC(=[N+](CC)CCOC(=O)CCC(=O)OCCOC4=CC(=O)C(OC)=CC4=O)C=C3)C2=O)c(C)c1. The van der Waals surface area contributed by atoms with Crippen molar-refractivity contribution in [3.05, 3.63) is 94.2 Å². The third-order valence-corrected chi connectivity index (χ3v) is 8.43. The second-order valence-corrected chi connectivity index (χ2v) is 11.5. The first-order chi connectivity index (χ1) is 24.0. The number of hydrogen-bond acceptors (Lipinski definition) is 11. The number of aliphatic hydroxyl groups is 1. The minimum absolute atomic E-state index is 0.0109. The van der Waals surface area contributed by atoms with Crippen molar-refractivity contribution in [2.45, 2.75) is 40.5 Å². The van der Waals surface area contributed by atoms with Crippen LogP contribution in [0.4, 0.5) is 5.69 Å². The molecule has 0 bridgehead atoms. The van der Waals surface area contributed by atoms with Gasteiger partial charge in [-0.15, -0.1) is 0 Å². The molecule has 0 saturated heterocycles. The third-order valence-electron chi connectivity index (χ3n) is 8.43. The van der Waals surface area contributed by atoms with Gasteiger partial charge in [-0.25, -0.2) is 4.58 Å². The second-order valence-electron chi connectivity index (χ2n) is 11.5. The van der Waals surface area contributed by atoms with Gasteiger partial charge in [-0.2, -0.15) is 0 Å². The maximum Gasteiger partial charge on any atom is 0.306 e. The van der Waals surface area contributed by atoms with E-state index in [0.717, 1.165) is 47.8 Å². The minimum Gasteiger partial charge on any atom is -0.506 e. The summed E-state index contributed by atoms with van der Waals surface area (Å²) in [6.45, 7) is 10.6. The van der Waals surface area contributed by atoms with Gasteiger partial charge in [-0.05, 0) is 68.7 Å². The maximum absolute atomic E-state index is 13.2. The molecule has 0 aliphatic heterocycles. The summed E-state index contributed by atoms with van der Waals surface area (Å²) in [7, 11) is 1.28. The standard InChI is InChI=1S/C38H42N2O10/c1-6-39(7-2)27-13-14-28(24(4)21-27)36-37(45)35(38(36)46)25-9-11-26(12-10-25)40(8-3)17-18-49-33(43)15-16-34(44)50-20-19-48-32-23-29(41)31(47-5)22-30(32)42/h9-14,21-23H,6-8,15-20H2,1-5H3/p+1. The maximum atomic E-state index is 13.2. The molecule has 0 spiro atoms. The number of anilines is 1. The van der Waals surface area contributed by atoms with Crippen molar-refractivity contribution < 1.29 is 52.6 Å². The summed E-state index contributed by atoms with van der Waals surface area (Å²) in [4.78, 5) is 63.4. The van der Waals surface area contributed by atoms with Crippen LogP contribution in [-0.4, -0.2) is 97.8 Å². The molecule has 0 fully saturated rings. The average molecular weight is 688 g/mol. The third kappa shape index (κ3) is 8.73. The predicted octanol–water partition coefficient (Wildman–Crippen LogP) is 4.04.